The monoisotopic (exact) mass is 471 g/mol. The van der Waals surface area contributed by atoms with Gasteiger partial charge in [0.2, 0.25) is 15.9 Å². The average molecular weight is 472 g/mol. The van der Waals surface area contributed by atoms with Gasteiger partial charge in [0, 0.05) is 36.6 Å². The first-order valence-electron chi connectivity index (χ1n) is 9.75. The van der Waals surface area contributed by atoms with E-state index >= 15 is 0 Å². The van der Waals surface area contributed by atoms with Crippen LogP contribution >= 0.6 is 15.9 Å². The highest BCUT2D eigenvalue weighted by Crippen LogP contribution is 2.26. The van der Waals surface area contributed by atoms with Crippen molar-refractivity contribution in [3.05, 3.63) is 28.2 Å². The van der Waals surface area contributed by atoms with Gasteiger partial charge in [-0.05, 0) is 59.8 Å². The Morgan fingerprint density at radius 3 is 2.36 bits per heavy atom. The maximum Gasteiger partial charge on any atom is 0.252 e. The van der Waals surface area contributed by atoms with Crippen LogP contribution in [0.1, 0.15) is 48.9 Å². The van der Waals surface area contributed by atoms with E-state index in [1.807, 2.05) is 0 Å². The molecule has 1 aliphatic carbocycles. The predicted octanol–water partition coefficient (Wildman–Crippen LogP) is 2.27. The summed E-state index contributed by atoms with van der Waals surface area (Å²) in [5, 5.41) is 5.59. The summed E-state index contributed by atoms with van der Waals surface area (Å²) in [6.45, 7) is 1.67. The Hall–Kier alpha value is -1.45. The third-order valence-electron chi connectivity index (χ3n) is 5.32. The smallest absolute Gasteiger partial charge is 0.252 e. The summed E-state index contributed by atoms with van der Waals surface area (Å²) in [5.74, 6) is -0.232. The molecule has 1 heterocycles. The Labute approximate surface area is 174 Å². The molecule has 0 bridgehead atoms. The SMILES string of the molecule is O=C(NCCNC(=O)C1CCCC1)c1cc(S(=O)(=O)N2CCCC2)ccc1Br. The zero-order valence-corrected chi connectivity index (χ0v) is 18.1. The molecule has 0 unspecified atom stereocenters. The normalized spacial score (nSPS) is 18.3. The minimum Gasteiger partial charge on any atom is -0.354 e. The topological polar surface area (TPSA) is 95.6 Å². The number of hydrogen-bond donors (Lipinski definition) is 2. The Morgan fingerprint density at radius 1 is 1.04 bits per heavy atom. The third kappa shape index (κ3) is 4.93. The number of nitrogens with zero attached hydrogens (tertiary/aromatic N) is 1. The second-order valence-electron chi connectivity index (χ2n) is 7.28. The molecular weight excluding hydrogens is 446 g/mol. The standard InChI is InChI=1S/C19H26BrN3O4S/c20-17-8-7-15(28(26,27)23-11-3-4-12-23)13-16(17)19(25)22-10-9-21-18(24)14-5-1-2-6-14/h7-8,13-14H,1-6,9-12H2,(H,21,24)(H,22,25). The average Bonchev–Trinajstić information content (AvgIpc) is 3.39. The lowest BCUT2D eigenvalue weighted by molar-refractivity contribution is -0.124. The summed E-state index contributed by atoms with van der Waals surface area (Å²) in [6.07, 6.45) is 5.78. The minimum absolute atomic E-state index is 0.0478. The van der Waals surface area contributed by atoms with Gasteiger partial charge in [0.1, 0.15) is 0 Å². The highest BCUT2D eigenvalue weighted by atomic mass is 79.9. The molecule has 7 nitrogen and oxygen atoms in total. The van der Waals surface area contributed by atoms with Gasteiger partial charge in [-0.3, -0.25) is 9.59 Å². The van der Waals surface area contributed by atoms with Crippen molar-refractivity contribution in [3.8, 4) is 0 Å². The van der Waals surface area contributed by atoms with Crippen LogP contribution in [0.4, 0.5) is 0 Å². The van der Waals surface area contributed by atoms with Crippen LogP contribution in [0.5, 0.6) is 0 Å². The zero-order chi connectivity index (χ0) is 20.1. The molecule has 1 aromatic carbocycles. The molecule has 3 rings (SSSR count). The first-order chi connectivity index (χ1) is 13.4. The van der Waals surface area contributed by atoms with E-state index in [1.54, 1.807) is 6.07 Å². The summed E-state index contributed by atoms with van der Waals surface area (Å²) in [7, 11) is -3.58. The molecule has 28 heavy (non-hydrogen) atoms. The van der Waals surface area contributed by atoms with Crippen LogP contribution < -0.4 is 10.6 Å². The van der Waals surface area contributed by atoms with Crippen LogP contribution in [-0.2, 0) is 14.8 Å². The van der Waals surface area contributed by atoms with Crippen LogP contribution in [0.15, 0.2) is 27.6 Å². The largest absolute Gasteiger partial charge is 0.354 e. The van der Waals surface area contributed by atoms with E-state index in [0.717, 1.165) is 38.5 Å². The lowest BCUT2D eigenvalue weighted by Gasteiger charge is -2.16. The highest BCUT2D eigenvalue weighted by molar-refractivity contribution is 9.10. The molecule has 2 aliphatic rings. The summed E-state index contributed by atoms with van der Waals surface area (Å²) in [5.41, 5.74) is 0.266. The fraction of sp³-hybridized carbons (Fsp3) is 0.579. The van der Waals surface area contributed by atoms with E-state index in [4.69, 9.17) is 0 Å². The van der Waals surface area contributed by atoms with Crippen molar-refractivity contribution < 1.29 is 18.0 Å². The molecule has 0 aromatic heterocycles. The molecular formula is C19H26BrN3O4S. The lowest BCUT2D eigenvalue weighted by Crippen LogP contribution is -2.37. The summed E-state index contributed by atoms with van der Waals surface area (Å²) in [4.78, 5) is 24.6. The lowest BCUT2D eigenvalue weighted by atomic mass is 10.1. The van der Waals surface area contributed by atoms with E-state index in [1.165, 1.54) is 16.4 Å². The van der Waals surface area contributed by atoms with Crippen molar-refractivity contribution in [3.63, 3.8) is 0 Å². The molecule has 1 saturated carbocycles. The van der Waals surface area contributed by atoms with Gasteiger partial charge < -0.3 is 10.6 Å². The van der Waals surface area contributed by atoms with E-state index in [2.05, 4.69) is 26.6 Å². The quantitative estimate of drug-likeness (QED) is 0.596. The Kier molecular flexibility index (Phi) is 7.11. The molecule has 0 spiro atoms. The maximum atomic E-state index is 12.7. The second-order valence-corrected chi connectivity index (χ2v) is 10.1. The molecule has 2 N–H and O–H groups in total. The number of carbonyl (C=O) groups excluding carboxylic acids is 2. The molecule has 2 fully saturated rings. The fourth-order valence-corrected chi connectivity index (χ4v) is 5.68. The van der Waals surface area contributed by atoms with E-state index < -0.39 is 10.0 Å². The summed E-state index contributed by atoms with van der Waals surface area (Å²) >= 11 is 3.32. The first-order valence-corrected chi connectivity index (χ1v) is 12.0. The van der Waals surface area contributed by atoms with Crippen molar-refractivity contribution in [1.29, 1.82) is 0 Å². The van der Waals surface area contributed by atoms with Crippen molar-refractivity contribution in [1.82, 2.24) is 14.9 Å². The maximum absolute atomic E-state index is 12.7. The molecule has 1 aromatic rings. The van der Waals surface area contributed by atoms with Crippen molar-refractivity contribution in [2.75, 3.05) is 26.2 Å². The minimum atomic E-state index is -3.58. The molecule has 9 heteroatoms. The molecule has 1 saturated heterocycles. The highest BCUT2D eigenvalue weighted by Gasteiger charge is 2.28. The van der Waals surface area contributed by atoms with Gasteiger partial charge in [-0.25, -0.2) is 8.42 Å². The van der Waals surface area contributed by atoms with Gasteiger partial charge in [0.05, 0.1) is 10.5 Å². The number of nitrogens with one attached hydrogen (secondary N) is 2. The molecule has 0 radical (unpaired) electrons. The zero-order valence-electron chi connectivity index (χ0n) is 15.7. The number of rotatable bonds is 7. The van der Waals surface area contributed by atoms with Gasteiger partial charge in [-0.2, -0.15) is 4.31 Å². The van der Waals surface area contributed by atoms with Crippen LogP contribution in [-0.4, -0.2) is 50.7 Å². The van der Waals surface area contributed by atoms with Crippen molar-refractivity contribution >= 4 is 37.8 Å². The van der Waals surface area contributed by atoms with Crippen molar-refractivity contribution in [2.45, 2.75) is 43.4 Å². The second kappa shape index (κ2) is 9.37. The fourth-order valence-electron chi connectivity index (χ4n) is 3.71. The number of amides is 2. The van der Waals surface area contributed by atoms with Gasteiger partial charge in [-0.15, -0.1) is 0 Å². The van der Waals surface area contributed by atoms with Crippen LogP contribution in [0.3, 0.4) is 0 Å². The number of halogens is 1. The van der Waals surface area contributed by atoms with Crippen LogP contribution in [0.25, 0.3) is 0 Å². The van der Waals surface area contributed by atoms with Crippen LogP contribution in [0.2, 0.25) is 0 Å². The van der Waals surface area contributed by atoms with Crippen molar-refractivity contribution in [2.24, 2.45) is 5.92 Å². The van der Waals surface area contributed by atoms with Crippen LogP contribution in [0, 0.1) is 5.92 Å². The van der Waals surface area contributed by atoms with Gasteiger partial charge in [0.25, 0.3) is 5.91 Å². The Bertz CT molecular complexity index is 832. The summed E-state index contributed by atoms with van der Waals surface area (Å²) in [6, 6.07) is 4.50. The number of hydrogen-bond acceptors (Lipinski definition) is 4. The first kappa shape index (κ1) is 21.3. The van der Waals surface area contributed by atoms with E-state index in [0.29, 0.717) is 24.1 Å². The van der Waals surface area contributed by atoms with E-state index in [-0.39, 0.29) is 34.7 Å². The molecule has 2 amide bonds. The Morgan fingerprint density at radius 2 is 1.68 bits per heavy atom. The Balaban J connectivity index is 1.57. The number of benzene rings is 1. The van der Waals surface area contributed by atoms with Gasteiger partial charge in [-0.1, -0.05) is 12.8 Å². The van der Waals surface area contributed by atoms with Gasteiger partial charge in [0.15, 0.2) is 0 Å². The van der Waals surface area contributed by atoms with E-state index in [9.17, 15) is 18.0 Å². The third-order valence-corrected chi connectivity index (χ3v) is 7.91. The van der Waals surface area contributed by atoms with Gasteiger partial charge >= 0.3 is 0 Å². The predicted molar refractivity (Wildman–Crippen MR) is 109 cm³/mol. The summed E-state index contributed by atoms with van der Waals surface area (Å²) < 4.78 is 27.4. The molecule has 0 atom stereocenters. The molecule has 1 aliphatic heterocycles. The number of carbonyl (C=O) groups is 2. The number of sulfonamides is 1. The molecule has 154 valence electrons.